The summed E-state index contributed by atoms with van der Waals surface area (Å²) in [6.07, 6.45) is -0.344. The van der Waals surface area contributed by atoms with Gasteiger partial charge in [-0.1, -0.05) is 118 Å². The highest BCUT2D eigenvalue weighted by atomic mass is 16.7. The lowest BCUT2D eigenvalue weighted by Crippen LogP contribution is -2.62. The van der Waals surface area contributed by atoms with Gasteiger partial charge in [0.15, 0.2) is 6.29 Å². The van der Waals surface area contributed by atoms with E-state index in [2.05, 4.69) is 20.8 Å². The molecule has 5 rings (SSSR count). The quantitative estimate of drug-likeness (QED) is 0.233. The molecule has 2 aliphatic rings. The van der Waals surface area contributed by atoms with E-state index in [1.54, 1.807) is 0 Å². The summed E-state index contributed by atoms with van der Waals surface area (Å²) in [6, 6.07) is 30.2. The zero-order valence-corrected chi connectivity index (χ0v) is 25.8. The Balaban J connectivity index is 1.38. The fourth-order valence-corrected chi connectivity index (χ4v) is 6.38. The van der Waals surface area contributed by atoms with Crippen LogP contribution >= 0.6 is 0 Å². The van der Waals surface area contributed by atoms with Crippen molar-refractivity contribution in [3.8, 4) is 0 Å². The maximum absolute atomic E-state index is 11.8. The van der Waals surface area contributed by atoms with Crippen molar-refractivity contribution >= 4 is 0 Å². The van der Waals surface area contributed by atoms with E-state index in [0.29, 0.717) is 37.6 Å². The van der Waals surface area contributed by atoms with E-state index in [-0.39, 0.29) is 12.7 Å². The first-order valence-electron chi connectivity index (χ1n) is 15.9. The van der Waals surface area contributed by atoms with Crippen LogP contribution in [-0.4, -0.2) is 48.5 Å². The maximum atomic E-state index is 11.8. The summed E-state index contributed by atoms with van der Waals surface area (Å²) >= 11 is 0. The summed E-state index contributed by atoms with van der Waals surface area (Å²) in [5.41, 5.74) is 3.15. The van der Waals surface area contributed by atoms with E-state index < -0.39 is 30.7 Å². The minimum absolute atomic E-state index is 0.00541. The molecule has 1 saturated heterocycles. The van der Waals surface area contributed by atoms with Crippen molar-refractivity contribution in [1.82, 2.24) is 0 Å². The molecule has 1 aliphatic heterocycles. The number of aliphatic hydroxyl groups excluding tert-OH is 1. The number of ether oxygens (including phenoxy) is 5. The van der Waals surface area contributed by atoms with Crippen LogP contribution < -0.4 is 0 Å². The summed E-state index contributed by atoms with van der Waals surface area (Å²) in [5.74, 6) is 1.46. The van der Waals surface area contributed by atoms with E-state index in [1.807, 2.05) is 91.0 Å². The smallest absolute Gasteiger partial charge is 0.186 e. The lowest BCUT2D eigenvalue weighted by molar-refractivity contribution is -0.333. The Morgan fingerprint density at radius 1 is 0.744 bits per heavy atom. The Kier molecular flexibility index (Phi) is 11.8. The highest BCUT2D eigenvalue weighted by Crippen LogP contribution is 2.38. The van der Waals surface area contributed by atoms with Crippen molar-refractivity contribution in [2.75, 3.05) is 6.61 Å². The van der Waals surface area contributed by atoms with Crippen LogP contribution in [-0.2, 0) is 43.5 Å². The third kappa shape index (κ3) is 8.98. The summed E-state index contributed by atoms with van der Waals surface area (Å²) in [5, 5.41) is 11.8. The molecule has 6 heteroatoms. The van der Waals surface area contributed by atoms with Crippen LogP contribution in [0.5, 0.6) is 0 Å². The number of hydrogen-bond acceptors (Lipinski definition) is 6. The molecule has 3 aromatic rings. The van der Waals surface area contributed by atoms with E-state index in [4.69, 9.17) is 23.7 Å². The molecule has 2 fully saturated rings. The highest BCUT2D eigenvalue weighted by Gasteiger charge is 2.49. The van der Waals surface area contributed by atoms with Gasteiger partial charge in [-0.05, 0) is 47.3 Å². The minimum Gasteiger partial charge on any atom is -0.385 e. The average Bonchev–Trinajstić information content (AvgIpc) is 3.02. The van der Waals surface area contributed by atoms with Crippen molar-refractivity contribution in [1.29, 1.82) is 0 Å². The Hall–Kier alpha value is -2.58. The summed E-state index contributed by atoms with van der Waals surface area (Å²) in [4.78, 5) is 0. The van der Waals surface area contributed by atoms with Gasteiger partial charge in [-0.2, -0.15) is 0 Å². The topological polar surface area (TPSA) is 66.4 Å². The van der Waals surface area contributed by atoms with Gasteiger partial charge in [0.2, 0.25) is 0 Å². The molecule has 232 valence electrons. The Labute approximate surface area is 257 Å². The molecule has 0 amide bonds. The zero-order chi connectivity index (χ0) is 30.0. The van der Waals surface area contributed by atoms with Crippen molar-refractivity contribution < 1.29 is 28.8 Å². The van der Waals surface area contributed by atoms with Crippen LogP contribution in [0.15, 0.2) is 91.0 Å². The second kappa shape index (κ2) is 15.9. The molecule has 1 aliphatic carbocycles. The first kappa shape index (κ1) is 31.8. The largest absolute Gasteiger partial charge is 0.385 e. The predicted octanol–water partition coefficient (Wildman–Crippen LogP) is 6.94. The number of benzene rings is 3. The molecule has 43 heavy (non-hydrogen) atoms. The molecule has 3 aromatic carbocycles. The number of hydrogen-bond donors (Lipinski definition) is 1. The lowest BCUT2D eigenvalue weighted by Gasteiger charge is -2.47. The third-order valence-corrected chi connectivity index (χ3v) is 8.85. The van der Waals surface area contributed by atoms with Gasteiger partial charge in [-0.25, -0.2) is 0 Å². The van der Waals surface area contributed by atoms with Crippen molar-refractivity contribution in [2.45, 2.75) is 96.7 Å². The summed E-state index contributed by atoms with van der Waals surface area (Å²) in [7, 11) is 0. The first-order valence-corrected chi connectivity index (χ1v) is 15.9. The monoisotopic (exact) mass is 588 g/mol. The average molecular weight is 589 g/mol. The molecule has 1 saturated carbocycles. The van der Waals surface area contributed by atoms with Crippen LogP contribution in [0.2, 0.25) is 0 Å². The summed E-state index contributed by atoms with van der Waals surface area (Å²) in [6.45, 7) is 8.23. The molecular weight excluding hydrogens is 540 g/mol. The SMILES string of the molecule is CC(C)[C@@H]1CC[C@@H](C)C[C@H]1O[C@@H]1O[C@H](COCc2ccccc2)[C@@H](OCc2ccccc2)[C@H](OCc2ccccc2)[C@@H]1O. The second-order valence-corrected chi connectivity index (χ2v) is 12.6. The van der Waals surface area contributed by atoms with Crippen molar-refractivity contribution in [2.24, 2.45) is 17.8 Å². The van der Waals surface area contributed by atoms with Crippen LogP contribution in [0, 0.1) is 17.8 Å². The van der Waals surface area contributed by atoms with Gasteiger partial charge in [0, 0.05) is 0 Å². The maximum Gasteiger partial charge on any atom is 0.186 e. The Bertz CT molecular complexity index is 1190. The van der Waals surface area contributed by atoms with Gasteiger partial charge in [0.1, 0.15) is 24.4 Å². The van der Waals surface area contributed by atoms with Crippen molar-refractivity contribution in [3.05, 3.63) is 108 Å². The van der Waals surface area contributed by atoms with E-state index in [9.17, 15) is 5.11 Å². The molecule has 0 radical (unpaired) electrons. The number of rotatable bonds is 13. The predicted molar refractivity (Wildman–Crippen MR) is 167 cm³/mol. The third-order valence-electron chi connectivity index (χ3n) is 8.85. The van der Waals surface area contributed by atoms with Crippen molar-refractivity contribution in [3.63, 3.8) is 0 Å². The first-order chi connectivity index (χ1) is 21.0. The van der Waals surface area contributed by atoms with E-state index >= 15 is 0 Å². The van der Waals surface area contributed by atoms with E-state index in [1.165, 1.54) is 6.42 Å². The van der Waals surface area contributed by atoms with Crippen LogP contribution in [0.3, 0.4) is 0 Å². The Morgan fingerprint density at radius 3 is 1.84 bits per heavy atom. The zero-order valence-electron chi connectivity index (χ0n) is 25.8. The summed E-state index contributed by atoms with van der Waals surface area (Å²) < 4.78 is 32.5. The molecular formula is C37H48O6. The molecule has 0 unspecified atom stereocenters. The molecule has 0 spiro atoms. The van der Waals surface area contributed by atoms with Gasteiger partial charge >= 0.3 is 0 Å². The lowest BCUT2D eigenvalue weighted by atomic mass is 9.75. The van der Waals surface area contributed by atoms with Gasteiger partial charge in [0.05, 0.1) is 32.5 Å². The molecule has 6 nitrogen and oxygen atoms in total. The standard InChI is InChI=1S/C37H48O6/c1-26(2)31-20-19-27(3)21-32(31)42-37-34(38)36(41-24-30-17-11-6-12-18-30)35(40-23-29-15-9-5-10-16-29)33(43-37)25-39-22-28-13-7-4-8-14-28/h4-18,26-27,31-38H,19-25H2,1-3H3/t27-,31+,32-,33-,34+,35-,36-,37-/m1/s1. The molecule has 8 atom stereocenters. The van der Waals surface area contributed by atoms with Gasteiger partial charge in [-0.3, -0.25) is 0 Å². The van der Waals surface area contributed by atoms with Crippen LogP contribution in [0.1, 0.15) is 56.7 Å². The molecule has 1 N–H and O–H groups in total. The Morgan fingerprint density at radius 2 is 1.28 bits per heavy atom. The molecule has 0 aromatic heterocycles. The normalized spacial score (nSPS) is 29.5. The van der Waals surface area contributed by atoms with Gasteiger partial charge < -0.3 is 28.8 Å². The van der Waals surface area contributed by atoms with Gasteiger partial charge in [-0.15, -0.1) is 0 Å². The van der Waals surface area contributed by atoms with Gasteiger partial charge in [0.25, 0.3) is 0 Å². The molecule has 0 bridgehead atoms. The highest BCUT2D eigenvalue weighted by molar-refractivity contribution is 5.15. The number of aliphatic hydroxyl groups is 1. The fourth-order valence-electron chi connectivity index (χ4n) is 6.38. The van der Waals surface area contributed by atoms with Crippen LogP contribution in [0.4, 0.5) is 0 Å². The fraction of sp³-hybridized carbons (Fsp3) is 0.514. The van der Waals surface area contributed by atoms with E-state index in [0.717, 1.165) is 29.5 Å². The minimum atomic E-state index is -1.03. The molecule has 1 heterocycles. The second-order valence-electron chi connectivity index (χ2n) is 12.6. The van der Waals surface area contributed by atoms with Crippen LogP contribution in [0.25, 0.3) is 0 Å².